The Morgan fingerprint density at radius 3 is 2.67 bits per heavy atom. The Balaban J connectivity index is 3.21. The summed E-state index contributed by atoms with van der Waals surface area (Å²) in [5.74, 6) is -0.937. The molecule has 0 aliphatic heterocycles. The molecule has 0 aliphatic rings. The van der Waals surface area contributed by atoms with Crippen molar-refractivity contribution in [3.8, 4) is 0 Å². The maximum absolute atomic E-state index is 10.6. The first-order valence-electron chi connectivity index (χ1n) is 5.93. The molecule has 0 radical (unpaired) electrons. The number of carbonyl (C=O) groups is 1. The van der Waals surface area contributed by atoms with Crippen molar-refractivity contribution in [1.82, 2.24) is 0 Å². The fraction of sp³-hybridized carbons (Fsp3) is 0.357. The summed E-state index contributed by atoms with van der Waals surface area (Å²) in [6.07, 6.45) is 2.80. The molecule has 4 heteroatoms. The van der Waals surface area contributed by atoms with E-state index in [9.17, 15) is 4.79 Å². The zero-order valence-corrected chi connectivity index (χ0v) is 12.4. The van der Waals surface area contributed by atoms with Crippen molar-refractivity contribution in [2.75, 3.05) is 11.4 Å². The zero-order chi connectivity index (χ0) is 13.7. The van der Waals surface area contributed by atoms with Gasteiger partial charge in [0.2, 0.25) is 0 Å². The first kappa shape index (κ1) is 14.8. The monoisotopic (exact) mass is 311 g/mol. The lowest BCUT2D eigenvalue weighted by Gasteiger charge is -2.29. The molecule has 18 heavy (non-hydrogen) atoms. The second-order valence-electron chi connectivity index (χ2n) is 4.25. The minimum atomic E-state index is -0.937. The number of hydrogen-bond donors (Lipinski definition) is 1. The van der Waals surface area contributed by atoms with Crippen LogP contribution in [0.2, 0.25) is 0 Å². The van der Waals surface area contributed by atoms with E-state index in [-0.39, 0.29) is 0 Å². The largest absolute Gasteiger partial charge is 0.478 e. The van der Waals surface area contributed by atoms with Gasteiger partial charge in [-0.05, 0) is 50.6 Å². The van der Waals surface area contributed by atoms with Crippen molar-refractivity contribution >= 4 is 33.7 Å². The quantitative estimate of drug-likeness (QED) is 0.841. The summed E-state index contributed by atoms with van der Waals surface area (Å²) >= 11 is 3.41. The first-order chi connectivity index (χ1) is 8.45. The Labute approximate surface area is 116 Å². The van der Waals surface area contributed by atoms with Crippen molar-refractivity contribution in [1.29, 1.82) is 0 Å². The molecule has 1 aromatic rings. The van der Waals surface area contributed by atoms with E-state index in [0.717, 1.165) is 22.3 Å². The van der Waals surface area contributed by atoms with E-state index in [0.29, 0.717) is 6.04 Å². The lowest BCUT2D eigenvalue weighted by Crippen LogP contribution is -2.30. The summed E-state index contributed by atoms with van der Waals surface area (Å²) in [5, 5.41) is 8.73. The Morgan fingerprint density at radius 2 is 2.17 bits per heavy atom. The van der Waals surface area contributed by atoms with Gasteiger partial charge in [0.1, 0.15) is 0 Å². The highest BCUT2D eigenvalue weighted by Crippen LogP contribution is 2.27. The SMILES string of the molecule is CCN(c1ccc(Br)cc1/C=C/C(=O)O)C(C)C. The summed E-state index contributed by atoms with van der Waals surface area (Å²) in [6.45, 7) is 7.21. The summed E-state index contributed by atoms with van der Waals surface area (Å²) in [5.41, 5.74) is 1.95. The van der Waals surface area contributed by atoms with E-state index in [1.807, 2.05) is 18.2 Å². The molecule has 98 valence electrons. The number of hydrogen-bond acceptors (Lipinski definition) is 2. The second kappa shape index (κ2) is 6.59. The Bertz CT molecular complexity index is 455. The molecule has 0 spiro atoms. The number of rotatable bonds is 5. The van der Waals surface area contributed by atoms with Crippen molar-refractivity contribution in [2.45, 2.75) is 26.8 Å². The molecule has 0 saturated carbocycles. The van der Waals surface area contributed by atoms with Crippen molar-refractivity contribution < 1.29 is 9.90 Å². The number of aliphatic carboxylic acids is 1. The highest BCUT2D eigenvalue weighted by molar-refractivity contribution is 9.10. The number of nitrogens with zero attached hydrogens (tertiary/aromatic N) is 1. The molecule has 1 N–H and O–H groups in total. The van der Waals surface area contributed by atoms with Crippen LogP contribution in [0.3, 0.4) is 0 Å². The van der Waals surface area contributed by atoms with Crippen LogP contribution in [-0.4, -0.2) is 23.7 Å². The van der Waals surface area contributed by atoms with Gasteiger partial charge in [-0.15, -0.1) is 0 Å². The van der Waals surface area contributed by atoms with Gasteiger partial charge in [0, 0.05) is 28.8 Å². The highest BCUT2D eigenvalue weighted by atomic mass is 79.9. The van der Waals surface area contributed by atoms with Gasteiger partial charge >= 0.3 is 5.97 Å². The van der Waals surface area contributed by atoms with Crippen LogP contribution in [0.25, 0.3) is 6.08 Å². The smallest absolute Gasteiger partial charge is 0.328 e. The molecular formula is C14H18BrNO2. The van der Waals surface area contributed by atoms with Gasteiger partial charge in [-0.25, -0.2) is 4.79 Å². The normalized spacial score (nSPS) is 11.2. The minimum Gasteiger partial charge on any atom is -0.478 e. The topological polar surface area (TPSA) is 40.5 Å². The van der Waals surface area contributed by atoms with Crippen LogP contribution in [0.5, 0.6) is 0 Å². The van der Waals surface area contributed by atoms with Crippen molar-refractivity contribution in [2.24, 2.45) is 0 Å². The third kappa shape index (κ3) is 3.88. The predicted molar refractivity (Wildman–Crippen MR) is 79.0 cm³/mol. The summed E-state index contributed by atoms with van der Waals surface area (Å²) in [7, 11) is 0. The molecule has 1 aromatic carbocycles. The first-order valence-corrected chi connectivity index (χ1v) is 6.72. The molecule has 0 atom stereocenters. The van der Waals surface area contributed by atoms with Crippen LogP contribution in [-0.2, 0) is 4.79 Å². The van der Waals surface area contributed by atoms with Crippen LogP contribution in [0.15, 0.2) is 28.7 Å². The van der Waals surface area contributed by atoms with Crippen molar-refractivity contribution in [3.63, 3.8) is 0 Å². The second-order valence-corrected chi connectivity index (χ2v) is 5.17. The van der Waals surface area contributed by atoms with Gasteiger partial charge in [-0.3, -0.25) is 0 Å². The van der Waals surface area contributed by atoms with Crippen LogP contribution in [0.1, 0.15) is 26.3 Å². The van der Waals surface area contributed by atoms with E-state index in [1.54, 1.807) is 6.08 Å². The van der Waals surface area contributed by atoms with E-state index >= 15 is 0 Å². The Hall–Kier alpha value is -1.29. The highest BCUT2D eigenvalue weighted by Gasteiger charge is 2.11. The van der Waals surface area contributed by atoms with Gasteiger partial charge in [-0.2, -0.15) is 0 Å². The molecule has 3 nitrogen and oxygen atoms in total. The number of carboxylic acids is 1. The molecule has 0 fully saturated rings. The molecule has 0 aliphatic carbocycles. The summed E-state index contributed by atoms with van der Waals surface area (Å²) in [6, 6.07) is 6.28. The van der Waals surface area contributed by atoms with Gasteiger partial charge in [0.25, 0.3) is 0 Å². The molecule has 0 unspecified atom stereocenters. The summed E-state index contributed by atoms with van der Waals surface area (Å²) in [4.78, 5) is 12.9. The molecular weight excluding hydrogens is 294 g/mol. The minimum absolute atomic E-state index is 0.369. The summed E-state index contributed by atoms with van der Waals surface area (Å²) < 4.78 is 0.941. The molecule has 0 heterocycles. The Morgan fingerprint density at radius 1 is 1.50 bits per heavy atom. The van der Waals surface area contributed by atoms with Gasteiger partial charge < -0.3 is 10.0 Å². The fourth-order valence-corrected chi connectivity index (χ4v) is 2.27. The lowest BCUT2D eigenvalue weighted by molar-refractivity contribution is -0.131. The van der Waals surface area contributed by atoms with E-state index in [1.165, 1.54) is 6.08 Å². The molecule has 1 rings (SSSR count). The van der Waals surface area contributed by atoms with Crippen LogP contribution < -0.4 is 4.90 Å². The third-order valence-electron chi connectivity index (χ3n) is 2.67. The van der Waals surface area contributed by atoms with E-state index < -0.39 is 5.97 Å². The van der Waals surface area contributed by atoms with Crippen LogP contribution in [0, 0.1) is 0 Å². The third-order valence-corrected chi connectivity index (χ3v) is 3.16. The standard InChI is InChI=1S/C14H18BrNO2/c1-4-16(10(2)3)13-7-6-12(15)9-11(13)5-8-14(17)18/h5-10H,4H2,1-3H3,(H,17,18)/b8-5+. The average molecular weight is 312 g/mol. The fourth-order valence-electron chi connectivity index (χ4n) is 1.90. The Kier molecular flexibility index (Phi) is 5.41. The molecule has 0 amide bonds. The van der Waals surface area contributed by atoms with Gasteiger partial charge in [0.15, 0.2) is 0 Å². The average Bonchev–Trinajstić information content (AvgIpc) is 2.29. The number of carboxylic acid groups (broad SMARTS) is 1. The number of anilines is 1. The maximum Gasteiger partial charge on any atom is 0.328 e. The van der Waals surface area contributed by atoms with E-state index in [4.69, 9.17) is 5.11 Å². The van der Waals surface area contributed by atoms with Gasteiger partial charge in [-0.1, -0.05) is 15.9 Å². The zero-order valence-electron chi connectivity index (χ0n) is 10.9. The van der Waals surface area contributed by atoms with Gasteiger partial charge in [0.05, 0.1) is 0 Å². The van der Waals surface area contributed by atoms with E-state index in [2.05, 4.69) is 41.6 Å². The van der Waals surface area contributed by atoms with Crippen LogP contribution >= 0.6 is 15.9 Å². The number of halogens is 1. The van der Waals surface area contributed by atoms with Crippen molar-refractivity contribution in [3.05, 3.63) is 34.3 Å². The van der Waals surface area contributed by atoms with Crippen LogP contribution in [0.4, 0.5) is 5.69 Å². The maximum atomic E-state index is 10.6. The molecule has 0 saturated heterocycles. The predicted octanol–water partition coefficient (Wildman–Crippen LogP) is 3.78. The molecule has 0 aromatic heterocycles. The lowest BCUT2D eigenvalue weighted by atomic mass is 10.1. The molecule has 0 bridgehead atoms. The number of benzene rings is 1.